The molecule has 0 saturated heterocycles. The minimum atomic E-state index is -0.687. The van der Waals surface area contributed by atoms with E-state index < -0.39 is 6.04 Å². The second-order valence-electron chi connectivity index (χ2n) is 8.10. The Labute approximate surface area is 194 Å². The van der Waals surface area contributed by atoms with E-state index in [1.165, 1.54) is 4.90 Å². The summed E-state index contributed by atoms with van der Waals surface area (Å²) in [5.74, 6) is 0.140. The predicted octanol–water partition coefficient (Wildman–Crippen LogP) is 5.24. The second kappa shape index (κ2) is 10.9. The van der Waals surface area contributed by atoms with Crippen LogP contribution < -0.4 is 10.1 Å². The molecule has 0 unspecified atom stereocenters. The average Bonchev–Trinajstić information content (AvgIpc) is 2.69. The number of hydrogen-bond donors (Lipinski definition) is 1. The summed E-state index contributed by atoms with van der Waals surface area (Å²) in [6.45, 7) is 11.4. The molecule has 5 nitrogen and oxygen atoms in total. The third-order valence-corrected chi connectivity index (χ3v) is 5.79. The number of nitrogens with zero attached hydrogens (tertiary/aromatic N) is 1. The zero-order valence-corrected chi connectivity index (χ0v) is 20.4. The van der Waals surface area contributed by atoms with Crippen LogP contribution in [-0.2, 0) is 16.1 Å². The first-order valence-electron chi connectivity index (χ1n) is 10.2. The highest BCUT2D eigenvalue weighted by atomic mass is 35.5. The lowest BCUT2D eigenvalue weighted by atomic mass is 10.1. The number of amides is 2. The number of carbonyl (C=O) groups is 2. The number of aryl methyl sites for hydroxylation is 2. The van der Waals surface area contributed by atoms with E-state index in [0.717, 1.165) is 22.3 Å². The summed E-state index contributed by atoms with van der Waals surface area (Å²) in [7, 11) is 0. The first-order chi connectivity index (χ1) is 14.5. The number of halogens is 2. The molecular formula is C24H30Cl2N2O3. The van der Waals surface area contributed by atoms with Gasteiger partial charge in [-0.05, 0) is 82.0 Å². The standard InChI is InChI=1S/C24H30Cl2N2O3/c1-14(2)27-24(30)18(6)28(12-19-7-8-20(25)21(26)11-19)23(29)13-31-22-10-15(3)9-16(4)17(22)5/h7-11,14,18H,12-13H2,1-6H3,(H,27,30)/t18-/m1/s1. The van der Waals surface area contributed by atoms with Crippen LogP contribution in [0.1, 0.15) is 43.0 Å². The van der Waals surface area contributed by atoms with Crippen LogP contribution in [0.15, 0.2) is 30.3 Å². The van der Waals surface area contributed by atoms with E-state index in [2.05, 4.69) is 11.4 Å². The summed E-state index contributed by atoms with van der Waals surface area (Å²) in [5, 5.41) is 3.69. The molecule has 0 heterocycles. The number of hydrogen-bond acceptors (Lipinski definition) is 3. The Balaban J connectivity index is 2.24. The van der Waals surface area contributed by atoms with E-state index in [-0.39, 0.29) is 31.0 Å². The first kappa shape index (κ1) is 25.0. The van der Waals surface area contributed by atoms with E-state index in [4.69, 9.17) is 27.9 Å². The fourth-order valence-corrected chi connectivity index (χ4v) is 3.52. The average molecular weight is 465 g/mol. The number of benzene rings is 2. The Morgan fingerprint density at radius 2 is 1.71 bits per heavy atom. The van der Waals surface area contributed by atoms with Gasteiger partial charge in [0.15, 0.2) is 6.61 Å². The van der Waals surface area contributed by atoms with Crippen molar-refractivity contribution in [2.24, 2.45) is 0 Å². The van der Waals surface area contributed by atoms with Crippen molar-refractivity contribution in [3.63, 3.8) is 0 Å². The smallest absolute Gasteiger partial charge is 0.261 e. The van der Waals surface area contributed by atoms with Crippen LogP contribution >= 0.6 is 23.2 Å². The van der Waals surface area contributed by atoms with Gasteiger partial charge in [-0.25, -0.2) is 0 Å². The monoisotopic (exact) mass is 464 g/mol. The molecule has 0 saturated carbocycles. The van der Waals surface area contributed by atoms with Gasteiger partial charge in [0.2, 0.25) is 5.91 Å². The van der Waals surface area contributed by atoms with Crippen LogP contribution in [-0.4, -0.2) is 35.4 Å². The zero-order valence-electron chi connectivity index (χ0n) is 18.9. The number of nitrogens with one attached hydrogen (secondary N) is 1. The van der Waals surface area contributed by atoms with Gasteiger partial charge < -0.3 is 15.0 Å². The molecule has 0 aliphatic rings. The normalized spacial score (nSPS) is 11.9. The van der Waals surface area contributed by atoms with Crippen LogP contribution in [0.2, 0.25) is 10.0 Å². The van der Waals surface area contributed by atoms with Gasteiger partial charge in [0, 0.05) is 12.6 Å². The van der Waals surface area contributed by atoms with Crippen molar-refractivity contribution in [2.45, 2.75) is 60.2 Å². The van der Waals surface area contributed by atoms with Crippen molar-refractivity contribution in [3.05, 3.63) is 62.6 Å². The van der Waals surface area contributed by atoms with Crippen molar-refractivity contribution >= 4 is 35.0 Å². The summed E-state index contributed by atoms with van der Waals surface area (Å²) < 4.78 is 5.86. The fraction of sp³-hybridized carbons (Fsp3) is 0.417. The first-order valence-corrected chi connectivity index (χ1v) is 11.0. The van der Waals surface area contributed by atoms with Gasteiger partial charge in [-0.3, -0.25) is 9.59 Å². The van der Waals surface area contributed by atoms with Gasteiger partial charge in [0.25, 0.3) is 5.91 Å². The fourth-order valence-electron chi connectivity index (χ4n) is 3.20. The number of carbonyl (C=O) groups excluding carboxylic acids is 2. The quantitative estimate of drug-likeness (QED) is 0.580. The molecule has 1 atom stereocenters. The number of ether oxygens (including phenoxy) is 1. The maximum Gasteiger partial charge on any atom is 0.261 e. The van der Waals surface area contributed by atoms with Crippen molar-refractivity contribution < 1.29 is 14.3 Å². The molecule has 0 aromatic heterocycles. The summed E-state index contributed by atoms with van der Waals surface area (Å²) in [6, 6.07) is 8.42. The highest BCUT2D eigenvalue weighted by molar-refractivity contribution is 6.42. The molecule has 2 aromatic carbocycles. The lowest BCUT2D eigenvalue weighted by molar-refractivity contribution is -0.142. The van der Waals surface area contributed by atoms with Crippen LogP contribution in [0.5, 0.6) is 5.75 Å². The summed E-state index contributed by atoms with van der Waals surface area (Å²) in [6.07, 6.45) is 0. The van der Waals surface area contributed by atoms with Gasteiger partial charge in [-0.15, -0.1) is 0 Å². The van der Waals surface area contributed by atoms with E-state index in [0.29, 0.717) is 15.8 Å². The highest BCUT2D eigenvalue weighted by Crippen LogP contribution is 2.25. The van der Waals surface area contributed by atoms with Crippen molar-refractivity contribution in [3.8, 4) is 5.75 Å². The van der Waals surface area contributed by atoms with Crippen LogP contribution in [0.3, 0.4) is 0 Å². The van der Waals surface area contributed by atoms with Crippen molar-refractivity contribution in [1.29, 1.82) is 0 Å². The van der Waals surface area contributed by atoms with Crippen LogP contribution in [0.25, 0.3) is 0 Å². The Kier molecular flexibility index (Phi) is 8.78. The lowest BCUT2D eigenvalue weighted by Gasteiger charge is -2.29. The molecule has 0 bridgehead atoms. The van der Waals surface area contributed by atoms with E-state index in [1.807, 2.05) is 40.7 Å². The molecule has 2 aromatic rings. The van der Waals surface area contributed by atoms with Gasteiger partial charge in [0.05, 0.1) is 10.0 Å². The minimum Gasteiger partial charge on any atom is -0.483 e. The van der Waals surface area contributed by atoms with Crippen LogP contribution in [0, 0.1) is 20.8 Å². The molecule has 0 aliphatic carbocycles. The molecule has 1 N–H and O–H groups in total. The largest absolute Gasteiger partial charge is 0.483 e. The van der Waals surface area contributed by atoms with Gasteiger partial charge in [-0.1, -0.05) is 35.3 Å². The molecule has 2 rings (SSSR count). The van der Waals surface area contributed by atoms with E-state index >= 15 is 0 Å². The molecule has 7 heteroatoms. The maximum absolute atomic E-state index is 13.1. The second-order valence-corrected chi connectivity index (χ2v) is 8.92. The minimum absolute atomic E-state index is 0.0361. The predicted molar refractivity (Wildman–Crippen MR) is 126 cm³/mol. The van der Waals surface area contributed by atoms with Crippen molar-refractivity contribution in [1.82, 2.24) is 10.2 Å². The molecule has 0 fully saturated rings. The summed E-state index contributed by atoms with van der Waals surface area (Å²) in [4.78, 5) is 27.3. The Hall–Kier alpha value is -2.24. The van der Waals surface area contributed by atoms with E-state index in [1.54, 1.807) is 25.1 Å². The SMILES string of the molecule is Cc1cc(C)c(C)c(OCC(=O)N(Cc2ccc(Cl)c(Cl)c2)[C@H](C)C(=O)NC(C)C)c1. The van der Waals surface area contributed by atoms with Gasteiger partial charge in [-0.2, -0.15) is 0 Å². The van der Waals surface area contributed by atoms with Gasteiger partial charge in [0.1, 0.15) is 11.8 Å². The number of rotatable bonds is 8. The van der Waals surface area contributed by atoms with Crippen LogP contribution in [0.4, 0.5) is 0 Å². The third kappa shape index (κ3) is 6.88. The molecule has 2 amide bonds. The zero-order chi connectivity index (χ0) is 23.3. The summed E-state index contributed by atoms with van der Waals surface area (Å²) >= 11 is 12.1. The van der Waals surface area contributed by atoms with Gasteiger partial charge >= 0.3 is 0 Å². The topological polar surface area (TPSA) is 58.6 Å². The van der Waals surface area contributed by atoms with E-state index in [9.17, 15) is 9.59 Å². The summed E-state index contributed by atoms with van der Waals surface area (Å²) in [5.41, 5.74) is 3.91. The Morgan fingerprint density at radius 3 is 2.32 bits per heavy atom. The molecule has 0 aliphatic heterocycles. The molecule has 31 heavy (non-hydrogen) atoms. The maximum atomic E-state index is 13.1. The molecule has 0 radical (unpaired) electrons. The molecular weight excluding hydrogens is 435 g/mol. The lowest BCUT2D eigenvalue weighted by Crippen LogP contribution is -2.50. The third-order valence-electron chi connectivity index (χ3n) is 5.05. The molecule has 0 spiro atoms. The Morgan fingerprint density at radius 1 is 1.03 bits per heavy atom. The molecule has 168 valence electrons. The highest BCUT2D eigenvalue weighted by Gasteiger charge is 2.27. The van der Waals surface area contributed by atoms with Crippen molar-refractivity contribution in [2.75, 3.05) is 6.61 Å². The Bertz CT molecular complexity index is 960.